The number of nitrogens with zero attached hydrogens (tertiary/aromatic N) is 2. The lowest BCUT2D eigenvalue weighted by Crippen LogP contribution is -2.52. The zero-order chi connectivity index (χ0) is 23.3. The molecule has 1 fully saturated rings. The van der Waals surface area contributed by atoms with Crippen LogP contribution in [0, 0.1) is 0 Å². The van der Waals surface area contributed by atoms with Crippen LogP contribution >= 0.6 is 0 Å². The number of hydrogen-bond donors (Lipinski definition) is 1. The van der Waals surface area contributed by atoms with Gasteiger partial charge in [0.2, 0.25) is 15.9 Å². The quantitative estimate of drug-likeness (QED) is 0.564. The number of fused-ring (bicyclic) bond motifs is 1. The first-order valence-electron chi connectivity index (χ1n) is 10.3. The summed E-state index contributed by atoms with van der Waals surface area (Å²) in [6.07, 6.45) is -0.390. The lowest BCUT2D eigenvalue weighted by atomic mass is 10.2. The fraction of sp³-hybridized carbons (Fsp3) is 0.550. The van der Waals surface area contributed by atoms with Gasteiger partial charge in [0.15, 0.2) is 17.6 Å². The van der Waals surface area contributed by atoms with Crippen LogP contribution in [0.4, 0.5) is 0 Å². The zero-order valence-electron chi connectivity index (χ0n) is 18.0. The average molecular weight is 470 g/mol. The van der Waals surface area contributed by atoms with Crippen molar-refractivity contribution in [3.05, 3.63) is 18.2 Å². The predicted octanol–water partition coefficient (Wildman–Crippen LogP) is -0.251. The highest BCUT2D eigenvalue weighted by atomic mass is 32.2. The maximum atomic E-state index is 12.5. The number of piperazine rings is 1. The Hall–Kier alpha value is -2.86. The van der Waals surface area contributed by atoms with Crippen molar-refractivity contribution in [3.8, 4) is 11.5 Å². The summed E-state index contributed by atoms with van der Waals surface area (Å²) in [5.41, 5.74) is 0. The van der Waals surface area contributed by atoms with Crippen molar-refractivity contribution in [2.75, 3.05) is 45.9 Å². The van der Waals surface area contributed by atoms with Gasteiger partial charge in [-0.05, 0) is 19.1 Å². The topological polar surface area (TPSA) is 132 Å². The Kier molecular flexibility index (Phi) is 7.56. The number of carbonyl (C=O) groups is 3. The standard InChI is InChI=1S/C20H27N3O8S/c1-14(20(26)23-8-6-22(7-9-23)15(2)24)31-19(25)13-21-32(27,28)16-4-5-17-18(12-16)30-11-3-10-29-17/h4-5,12,14,21H,3,6-11,13H2,1-2H3. The molecule has 2 aliphatic rings. The second kappa shape index (κ2) is 10.2. The first-order valence-corrected chi connectivity index (χ1v) is 11.8. The number of hydrogen-bond acceptors (Lipinski definition) is 8. The van der Waals surface area contributed by atoms with Gasteiger partial charge in [-0.15, -0.1) is 0 Å². The molecule has 11 nitrogen and oxygen atoms in total. The SMILES string of the molecule is CC(=O)N1CCN(C(=O)C(C)OC(=O)CNS(=O)(=O)c2ccc3c(c2)OCCCO3)CC1. The summed E-state index contributed by atoms with van der Waals surface area (Å²) in [6, 6.07) is 4.19. The van der Waals surface area contributed by atoms with E-state index in [0.29, 0.717) is 57.3 Å². The van der Waals surface area contributed by atoms with Crippen molar-refractivity contribution in [1.82, 2.24) is 14.5 Å². The van der Waals surface area contributed by atoms with Gasteiger partial charge in [-0.2, -0.15) is 4.72 Å². The summed E-state index contributed by atoms with van der Waals surface area (Å²) in [5, 5.41) is 0. The summed E-state index contributed by atoms with van der Waals surface area (Å²) in [7, 11) is -4.01. The number of carbonyl (C=O) groups excluding carboxylic acids is 3. The molecule has 0 bridgehead atoms. The van der Waals surface area contributed by atoms with Crippen molar-refractivity contribution in [3.63, 3.8) is 0 Å². The minimum atomic E-state index is -4.01. The predicted molar refractivity (Wildman–Crippen MR) is 112 cm³/mol. The summed E-state index contributed by atoms with van der Waals surface area (Å²) < 4.78 is 43.3. The van der Waals surface area contributed by atoms with Crippen LogP contribution in [0.25, 0.3) is 0 Å². The number of ether oxygens (including phenoxy) is 3. The Morgan fingerprint density at radius 3 is 2.34 bits per heavy atom. The van der Waals surface area contributed by atoms with Gasteiger partial charge >= 0.3 is 5.97 Å². The molecular formula is C20H27N3O8S. The van der Waals surface area contributed by atoms with E-state index in [0.717, 1.165) is 0 Å². The number of benzene rings is 1. The van der Waals surface area contributed by atoms with Gasteiger partial charge in [-0.25, -0.2) is 8.42 Å². The Bertz CT molecular complexity index is 973. The molecule has 12 heteroatoms. The smallest absolute Gasteiger partial charge is 0.321 e. The molecule has 32 heavy (non-hydrogen) atoms. The lowest BCUT2D eigenvalue weighted by molar-refractivity contribution is -0.159. The van der Waals surface area contributed by atoms with Crippen LogP contribution in [-0.2, 0) is 29.1 Å². The number of rotatable bonds is 6. The zero-order valence-corrected chi connectivity index (χ0v) is 18.9. The second-order valence-electron chi connectivity index (χ2n) is 7.45. The van der Waals surface area contributed by atoms with Crippen LogP contribution in [0.1, 0.15) is 20.3 Å². The molecule has 176 valence electrons. The van der Waals surface area contributed by atoms with E-state index in [1.807, 2.05) is 0 Å². The highest BCUT2D eigenvalue weighted by molar-refractivity contribution is 7.89. The minimum absolute atomic E-state index is 0.0579. The summed E-state index contributed by atoms with van der Waals surface area (Å²) >= 11 is 0. The summed E-state index contributed by atoms with van der Waals surface area (Å²) in [4.78, 5) is 39.0. The molecule has 1 unspecified atom stereocenters. The number of esters is 1. The van der Waals surface area contributed by atoms with E-state index in [9.17, 15) is 22.8 Å². The molecule has 0 aromatic heterocycles. The fourth-order valence-corrected chi connectivity index (χ4v) is 4.32. The van der Waals surface area contributed by atoms with E-state index in [1.54, 1.807) is 4.90 Å². The maximum Gasteiger partial charge on any atom is 0.321 e. The first kappa shape index (κ1) is 23.8. The average Bonchev–Trinajstić information content (AvgIpc) is 3.02. The molecule has 0 spiro atoms. The van der Waals surface area contributed by atoms with Gasteiger partial charge in [0.1, 0.15) is 6.54 Å². The minimum Gasteiger partial charge on any atom is -0.490 e. The molecule has 2 heterocycles. The Balaban J connectivity index is 1.51. The molecular weight excluding hydrogens is 442 g/mol. The van der Waals surface area contributed by atoms with E-state index < -0.39 is 34.5 Å². The molecule has 0 saturated carbocycles. The van der Waals surface area contributed by atoms with E-state index >= 15 is 0 Å². The van der Waals surface area contributed by atoms with Crippen LogP contribution in [0.2, 0.25) is 0 Å². The van der Waals surface area contributed by atoms with Gasteiger partial charge in [-0.3, -0.25) is 14.4 Å². The summed E-state index contributed by atoms with van der Waals surface area (Å²) in [6.45, 7) is 4.67. The molecule has 2 aliphatic heterocycles. The molecule has 2 amide bonds. The number of nitrogens with one attached hydrogen (secondary N) is 1. The Morgan fingerprint density at radius 1 is 1.06 bits per heavy atom. The van der Waals surface area contributed by atoms with E-state index in [-0.39, 0.29) is 10.8 Å². The van der Waals surface area contributed by atoms with Crippen LogP contribution in [-0.4, -0.2) is 88.0 Å². The third kappa shape index (κ3) is 5.88. The van der Waals surface area contributed by atoms with Crippen molar-refractivity contribution in [2.24, 2.45) is 0 Å². The van der Waals surface area contributed by atoms with Crippen molar-refractivity contribution in [2.45, 2.75) is 31.3 Å². The number of sulfonamides is 1. The third-order valence-electron chi connectivity index (χ3n) is 5.13. The second-order valence-corrected chi connectivity index (χ2v) is 9.21. The Morgan fingerprint density at radius 2 is 1.69 bits per heavy atom. The van der Waals surface area contributed by atoms with Crippen molar-refractivity contribution >= 4 is 27.8 Å². The normalized spacial score (nSPS) is 17.3. The molecule has 1 atom stereocenters. The first-order chi connectivity index (χ1) is 15.2. The van der Waals surface area contributed by atoms with Gasteiger partial charge in [0.05, 0.1) is 18.1 Å². The lowest BCUT2D eigenvalue weighted by Gasteiger charge is -2.35. The van der Waals surface area contributed by atoms with Gasteiger partial charge in [0, 0.05) is 45.6 Å². The van der Waals surface area contributed by atoms with Gasteiger partial charge < -0.3 is 24.0 Å². The van der Waals surface area contributed by atoms with Crippen LogP contribution in [0.3, 0.4) is 0 Å². The van der Waals surface area contributed by atoms with Crippen molar-refractivity contribution in [1.29, 1.82) is 0 Å². The maximum absolute atomic E-state index is 12.5. The van der Waals surface area contributed by atoms with Gasteiger partial charge in [0.25, 0.3) is 5.91 Å². The molecule has 3 rings (SSSR count). The summed E-state index contributed by atoms with van der Waals surface area (Å²) in [5.74, 6) is -0.565. The van der Waals surface area contributed by atoms with E-state index in [4.69, 9.17) is 14.2 Å². The highest BCUT2D eigenvalue weighted by Crippen LogP contribution is 2.31. The van der Waals surface area contributed by atoms with E-state index in [2.05, 4.69) is 4.72 Å². The fourth-order valence-electron chi connectivity index (χ4n) is 3.34. The molecule has 1 saturated heterocycles. The highest BCUT2D eigenvalue weighted by Gasteiger charge is 2.28. The van der Waals surface area contributed by atoms with E-state index in [1.165, 1.54) is 36.9 Å². The molecule has 1 aromatic carbocycles. The van der Waals surface area contributed by atoms with Gasteiger partial charge in [-0.1, -0.05) is 0 Å². The monoisotopic (exact) mass is 469 g/mol. The Labute approximate surface area is 186 Å². The van der Waals surface area contributed by atoms with Crippen LogP contribution in [0.5, 0.6) is 11.5 Å². The molecule has 0 aliphatic carbocycles. The molecule has 1 aromatic rings. The number of amides is 2. The molecule has 1 N–H and O–H groups in total. The van der Waals surface area contributed by atoms with Crippen LogP contribution < -0.4 is 14.2 Å². The largest absolute Gasteiger partial charge is 0.490 e. The van der Waals surface area contributed by atoms with Crippen molar-refractivity contribution < 1.29 is 37.0 Å². The molecule has 0 radical (unpaired) electrons. The van der Waals surface area contributed by atoms with Crippen LogP contribution in [0.15, 0.2) is 23.1 Å². The third-order valence-corrected chi connectivity index (χ3v) is 6.53.